The van der Waals surface area contributed by atoms with Crippen LogP contribution in [0.1, 0.15) is 78.6 Å². The van der Waals surface area contributed by atoms with Crippen LogP contribution in [0, 0.1) is 28.6 Å². The normalized spacial score (nSPS) is 21.2. The molecule has 12 heteroatoms. The predicted octanol–water partition coefficient (Wildman–Crippen LogP) is 2.79. The van der Waals surface area contributed by atoms with Crippen LogP contribution in [0.15, 0.2) is 43.0 Å². The molecule has 48 heavy (non-hydrogen) atoms. The van der Waals surface area contributed by atoms with E-state index in [1.54, 1.807) is 24.3 Å². The molecule has 3 rings (SSSR count). The number of Topliss-reactive ketones (excluding diaryl/α,β-unsaturated/α-hetero) is 1. The van der Waals surface area contributed by atoms with Crippen molar-refractivity contribution in [2.75, 3.05) is 19.6 Å². The van der Waals surface area contributed by atoms with E-state index in [9.17, 15) is 28.8 Å². The molecule has 1 aromatic rings. The maximum atomic E-state index is 14.3. The minimum Gasteiger partial charge on any atom is -0.350 e. The number of hydrogen-bond donors (Lipinski definition) is 5. The molecule has 1 saturated heterocycles. The lowest BCUT2D eigenvalue weighted by Gasteiger charge is -2.38. The van der Waals surface area contributed by atoms with Crippen LogP contribution in [0.25, 0.3) is 0 Å². The standard InChI is InChI=1S/C36H54N6O6/c1-10-15-24(28(43)32(46)37-18-11-2)39-31(45)27-26-23(36(26,8)9)20-42(27)33(47)29(35(5,6)7)41-34(48)40-25(21(3)4)19-38-30(44)22-16-13-12-14-17-22/h11-14,16-17,21,23-27,29H,2,10,15,18-20H2,1,3-9H3,(H,37,46)(H,38,44)(H,39,45)(H2,40,41,48)/t23-,24?,25+,26-,27-,29+/m0/s1. The number of nitrogens with one attached hydrogen (secondary N) is 5. The molecule has 2 aliphatic rings. The molecular formula is C36H54N6O6. The molecule has 264 valence electrons. The van der Waals surface area contributed by atoms with Gasteiger partial charge >= 0.3 is 6.03 Å². The van der Waals surface area contributed by atoms with Crippen molar-refractivity contribution in [3.63, 3.8) is 0 Å². The van der Waals surface area contributed by atoms with Crippen LogP contribution in [0.5, 0.6) is 0 Å². The van der Waals surface area contributed by atoms with Crippen molar-refractivity contribution in [1.82, 2.24) is 31.5 Å². The zero-order chi connectivity index (χ0) is 36.0. The molecule has 0 radical (unpaired) electrons. The van der Waals surface area contributed by atoms with Gasteiger partial charge in [-0.2, -0.15) is 0 Å². The zero-order valence-electron chi connectivity index (χ0n) is 29.6. The summed E-state index contributed by atoms with van der Waals surface area (Å²) in [6.45, 7) is 19.5. The van der Waals surface area contributed by atoms with Crippen LogP contribution < -0.4 is 26.6 Å². The predicted molar refractivity (Wildman–Crippen MR) is 184 cm³/mol. The second-order valence-corrected chi connectivity index (χ2v) is 14.9. The molecule has 0 spiro atoms. The molecule has 12 nitrogen and oxygen atoms in total. The Morgan fingerprint density at radius 2 is 1.65 bits per heavy atom. The highest BCUT2D eigenvalue weighted by Crippen LogP contribution is 2.65. The summed E-state index contributed by atoms with van der Waals surface area (Å²) in [5, 5.41) is 13.9. The van der Waals surface area contributed by atoms with Crippen molar-refractivity contribution in [1.29, 1.82) is 0 Å². The number of amides is 6. The lowest BCUT2D eigenvalue weighted by molar-refractivity contribution is -0.145. The van der Waals surface area contributed by atoms with Crippen LogP contribution in [-0.2, 0) is 19.2 Å². The largest absolute Gasteiger partial charge is 0.350 e. The molecular weight excluding hydrogens is 612 g/mol. The molecule has 0 bridgehead atoms. The number of carbonyl (C=O) groups excluding carboxylic acids is 6. The van der Waals surface area contributed by atoms with Gasteiger partial charge < -0.3 is 31.5 Å². The molecule has 1 heterocycles. The summed E-state index contributed by atoms with van der Waals surface area (Å²) >= 11 is 0. The van der Waals surface area contributed by atoms with Gasteiger partial charge in [0.15, 0.2) is 0 Å². The smallest absolute Gasteiger partial charge is 0.315 e. The summed E-state index contributed by atoms with van der Waals surface area (Å²) in [7, 11) is 0. The molecule has 2 fully saturated rings. The van der Waals surface area contributed by atoms with Gasteiger partial charge in [-0.15, -0.1) is 6.58 Å². The minimum atomic E-state index is -1.04. The number of nitrogens with zero attached hydrogens (tertiary/aromatic N) is 1. The van der Waals surface area contributed by atoms with E-state index < -0.39 is 59.1 Å². The van der Waals surface area contributed by atoms with Crippen molar-refractivity contribution < 1.29 is 28.8 Å². The van der Waals surface area contributed by atoms with E-state index in [0.29, 0.717) is 18.5 Å². The Bertz CT molecular complexity index is 1370. The maximum Gasteiger partial charge on any atom is 0.315 e. The lowest BCUT2D eigenvalue weighted by atomic mass is 9.85. The van der Waals surface area contributed by atoms with Crippen molar-refractivity contribution in [3.05, 3.63) is 48.6 Å². The number of urea groups is 1. The Balaban J connectivity index is 1.76. The molecule has 1 aliphatic carbocycles. The van der Waals surface area contributed by atoms with Crippen molar-refractivity contribution in [2.45, 2.75) is 92.4 Å². The van der Waals surface area contributed by atoms with Gasteiger partial charge in [0.1, 0.15) is 12.1 Å². The van der Waals surface area contributed by atoms with E-state index in [1.165, 1.54) is 11.0 Å². The Labute approximate surface area is 284 Å². The van der Waals surface area contributed by atoms with Crippen LogP contribution >= 0.6 is 0 Å². The third-order valence-corrected chi connectivity index (χ3v) is 9.63. The van der Waals surface area contributed by atoms with E-state index in [0.717, 1.165) is 0 Å². The summed E-state index contributed by atoms with van der Waals surface area (Å²) in [4.78, 5) is 81.1. The van der Waals surface area contributed by atoms with Crippen LogP contribution in [0.4, 0.5) is 4.79 Å². The number of ketones is 1. The fraction of sp³-hybridized carbons (Fsp3) is 0.611. The third kappa shape index (κ3) is 9.02. The van der Waals surface area contributed by atoms with Gasteiger partial charge in [-0.1, -0.05) is 86.1 Å². The summed E-state index contributed by atoms with van der Waals surface area (Å²) < 4.78 is 0. The van der Waals surface area contributed by atoms with Gasteiger partial charge in [0.25, 0.3) is 11.8 Å². The second kappa shape index (κ2) is 15.8. The van der Waals surface area contributed by atoms with Gasteiger partial charge in [0, 0.05) is 25.2 Å². The Kier molecular flexibility index (Phi) is 12.6. The molecule has 6 amide bonds. The molecule has 6 atom stereocenters. The lowest BCUT2D eigenvalue weighted by Crippen LogP contribution is -2.62. The second-order valence-electron chi connectivity index (χ2n) is 14.9. The SMILES string of the molecule is C=CCNC(=O)C(=O)C(CCC)NC(=O)[C@@H]1[C@@H]2[C@H](CN1C(=O)[C@@H](NC(=O)N[C@H](CNC(=O)c1ccccc1)C(C)C)C(C)(C)C)C2(C)C. The summed E-state index contributed by atoms with van der Waals surface area (Å²) in [5.74, 6) is -2.80. The van der Waals surface area contributed by atoms with Gasteiger partial charge in [-0.25, -0.2) is 4.79 Å². The average molecular weight is 667 g/mol. The highest BCUT2D eigenvalue weighted by molar-refractivity contribution is 6.38. The zero-order valence-corrected chi connectivity index (χ0v) is 29.6. The Hall–Kier alpha value is -4.22. The topological polar surface area (TPSA) is 166 Å². The maximum absolute atomic E-state index is 14.3. The van der Waals surface area contributed by atoms with Crippen LogP contribution in [0.2, 0.25) is 0 Å². The first kappa shape index (κ1) is 38.2. The van der Waals surface area contributed by atoms with E-state index >= 15 is 0 Å². The van der Waals surface area contributed by atoms with Crippen LogP contribution in [0.3, 0.4) is 0 Å². The first-order valence-electron chi connectivity index (χ1n) is 16.9. The number of likely N-dealkylation sites (tertiary alicyclic amines) is 1. The number of benzene rings is 1. The van der Waals surface area contributed by atoms with E-state index in [1.807, 2.05) is 47.6 Å². The van der Waals surface area contributed by atoms with Crippen LogP contribution in [-0.4, -0.2) is 84.1 Å². The molecule has 1 saturated carbocycles. The van der Waals surface area contributed by atoms with E-state index in [-0.39, 0.29) is 48.6 Å². The molecule has 1 aromatic carbocycles. The number of carbonyl (C=O) groups is 6. The number of hydrogen-bond acceptors (Lipinski definition) is 6. The van der Waals surface area contributed by atoms with Crippen molar-refractivity contribution in [3.8, 4) is 0 Å². The quantitative estimate of drug-likeness (QED) is 0.143. The third-order valence-electron chi connectivity index (χ3n) is 9.63. The van der Waals surface area contributed by atoms with Gasteiger partial charge in [-0.05, 0) is 47.1 Å². The van der Waals surface area contributed by atoms with E-state index in [2.05, 4.69) is 47.0 Å². The average Bonchev–Trinajstić information content (AvgIpc) is 3.34. The molecule has 0 aromatic heterocycles. The number of rotatable bonds is 15. The summed E-state index contributed by atoms with van der Waals surface area (Å²) in [6.07, 6.45) is 2.27. The summed E-state index contributed by atoms with van der Waals surface area (Å²) in [6, 6.07) is 4.90. The fourth-order valence-corrected chi connectivity index (χ4v) is 6.54. The van der Waals surface area contributed by atoms with Crippen molar-refractivity contribution >= 4 is 35.4 Å². The highest BCUT2D eigenvalue weighted by atomic mass is 16.2. The monoisotopic (exact) mass is 666 g/mol. The minimum absolute atomic E-state index is 0.0331. The number of fused-ring (bicyclic) bond motifs is 1. The van der Waals surface area contributed by atoms with Gasteiger partial charge in [-0.3, -0.25) is 24.0 Å². The number of piperidine rings is 1. The van der Waals surface area contributed by atoms with Crippen molar-refractivity contribution in [2.24, 2.45) is 28.6 Å². The Morgan fingerprint density at radius 3 is 2.21 bits per heavy atom. The summed E-state index contributed by atoms with van der Waals surface area (Å²) in [5.41, 5.74) is -0.410. The highest BCUT2D eigenvalue weighted by Gasteiger charge is 2.70. The van der Waals surface area contributed by atoms with Gasteiger partial charge in [0.05, 0.1) is 12.1 Å². The fourth-order valence-electron chi connectivity index (χ4n) is 6.54. The Morgan fingerprint density at radius 1 is 1.00 bits per heavy atom. The first-order chi connectivity index (χ1) is 22.4. The molecule has 5 N–H and O–H groups in total. The van der Waals surface area contributed by atoms with E-state index in [4.69, 9.17) is 0 Å². The first-order valence-corrected chi connectivity index (χ1v) is 16.9. The molecule has 1 aliphatic heterocycles. The molecule has 1 unspecified atom stereocenters. The van der Waals surface area contributed by atoms with Gasteiger partial charge in [0.2, 0.25) is 17.6 Å².